The first-order chi connectivity index (χ1) is 8.38. The van der Waals surface area contributed by atoms with E-state index < -0.39 is 24.7 Å². The predicted octanol–water partition coefficient (Wildman–Crippen LogP) is 2.37. The Morgan fingerprint density at radius 2 is 1.78 bits per heavy atom. The second kappa shape index (κ2) is 6.97. The number of carbonyl (C=O) groups excluding carboxylic acids is 1. The molecule has 1 fully saturated rings. The van der Waals surface area contributed by atoms with Gasteiger partial charge in [0.2, 0.25) is 5.91 Å². The molecule has 0 radical (unpaired) electrons. The van der Waals surface area contributed by atoms with Crippen LogP contribution in [0.3, 0.4) is 0 Å². The standard InChI is InChI=1S/C12H21F3N2O/c1-9(11(18)16-8-12(13,14)15)17-10-6-4-2-3-5-7-10/h9-10,17H,2-8H2,1H3,(H,16,18). The van der Waals surface area contributed by atoms with Crippen LogP contribution in [0.5, 0.6) is 0 Å². The van der Waals surface area contributed by atoms with Gasteiger partial charge in [0.1, 0.15) is 6.54 Å². The highest BCUT2D eigenvalue weighted by molar-refractivity contribution is 5.81. The van der Waals surface area contributed by atoms with Crippen LogP contribution in [-0.2, 0) is 4.79 Å². The number of amides is 1. The Labute approximate surface area is 106 Å². The molecule has 0 aromatic rings. The van der Waals surface area contributed by atoms with Gasteiger partial charge in [-0.2, -0.15) is 13.2 Å². The molecule has 0 aliphatic heterocycles. The molecule has 6 heteroatoms. The van der Waals surface area contributed by atoms with Gasteiger partial charge in [0.15, 0.2) is 0 Å². The average molecular weight is 266 g/mol. The van der Waals surface area contributed by atoms with Crippen LogP contribution in [0.4, 0.5) is 13.2 Å². The second-order valence-electron chi connectivity index (χ2n) is 4.91. The predicted molar refractivity (Wildman–Crippen MR) is 63.2 cm³/mol. The first kappa shape index (κ1) is 15.3. The van der Waals surface area contributed by atoms with Crippen molar-refractivity contribution < 1.29 is 18.0 Å². The molecule has 18 heavy (non-hydrogen) atoms. The second-order valence-corrected chi connectivity index (χ2v) is 4.91. The zero-order valence-corrected chi connectivity index (χ0v) is 10.6. The summed E-state index contributed by atoms with van der Waals surface area (Å²) in [6, 6.07) is -0.324. The summed E-state index contributed by atoms with van der Waals surface area (Å²) in [6.07, 6.45) is 2.29. The largest absolute Gasteiger partial charge is 0.405 e. The summed E-state index contributed by atoms with van der Waals surface area (Å²) >= 11 is 0. The fourth-order valence-corrected chi connectivity index (χ4v) is 2.22. The fourth-order valence-electron chi connectivity index (χ4n) is 2.22. The third-order valence-electron chi connectivity index (χ3n) is 3.20. The van der Waals surface area contributed by atoms with E-state index in [1.165, 1.54) is 12.8 Å². The molecule has 1 saturated carbocycles. The zero-order valence-electron chi connectivity index (χ0n) is 10.6. The molecule has 1 aliphatic carbocycles. The number of carbonyl (C=O) groups is 1. The van der Waals surface area contributed by atoms with E-state index >= 15 is 0 Å². The minimum atomic E-state index is -4.35. The van der Waals surface area contributed by atoms with Crippen molar-refractivity contribution in [3.05, 3.63) is 0 Å². The first-order valence-electron chi connectivity index (χ1n) is 6.49. The Balaban J connectivity index is 2.29. The summed E-state index contributed by atoms with van der Waals surface area (Å²) in [4.78, 5) is 11.5. The highest BCUT2D eigenvalue weighted by Crippen LogP contribution is 2.17. The van der Waals surface area contributed by atoms with E-state index in [1.54, 1.807) is 6.92 Å². The van der Waals surface area contributed by atoms with Crippen molar-refractivity contribution in [3.8, 4) is 0 Å². The van der Waals surface area contributed by atoms with Crippen molar-refractivity contribution in [1.82, 2.24) is 10.6 Å². The molecular weight excluding hydrogens is 245 g/mol. The lowest BCUT2D eigenvalue weighted by atomic mass is 10.1. The topological polar surface area (TPSA) is 41.1 Å². The van der Waals surface area contributed by atoms with E-state index in [2.05, 4.69) is 5.32 Å². The van der Waals surface area contributed by atoms with Crippen molar-refractivity contribution in [2.24, 2.45) is 0 Å². The number of alkyl halides is 3. The summed E-state index contributed by atoms with van der Waals surface area (Å²) < 4.78 is 35.9. The van der Waals surface area contributed by atoms with Gasteiger partial charge in [-0.15, -0.1) is 0 Å². The molecule has 1 atom stereocenters. The van der Waals surface area contributed by atoms with Gasteiger partial charge in [-0.1, -0.05) is 25.7 Å². The van der Waals surface area contributed by atoms with Gasteiger partial charge < -0.3 is 10.6 Å². The molecule has 0 bridgehead atoms. The number of rotatable bonds is 4. The molecule has 1 amide bonds. The Hall–Kier alpha value is -0.780. The van der Waals surface area contributed by atoms with Gasteiger partial charge in [-0.3, -0.25) is 4.79 Å². The van der Waals surface area contributed by atoms with E-state index in [9.17, 15) is 18.0 Å². The third kappa shape index (κ3) is 6.23. The lowest BCUT2D eigenvalue weighted by Crippen LogP contribution is -2.48. The van der Waals surface area contributed by atoms with Crippen LogP contribution in [0.15, 0.2) is 0 Å². The van der Waals surface area contributed by atoms with E-state index in [0.29, 0.717) is 0 Å². The van der Waals surface area contributed by atoms with E-state index in [-0.39, 0.29) is 6.04 Å². The molecule has 0 aromatic heterocycles. The monoisotopic (exact) mass is 266 g/mol. The Bertz CT molecular complexity index is 261. The number of nitrogens with one attached hydrogen (secondary N) is 2. The summed E-state index contributed by atoms with van der Waals surface area (Å²) in [7, 11) is 0. The summed E-state index contributed by atoms with van der Waals surface area (Å²) in [5.41, 5.74) is 0. The van der Waals surface area contributed by atoms with Crippen LogP contribution in [-0.4, -0.2) is 30.7 Å². The van der Waals surface area contributed by atoms with E-state index in [0.717, 1.165) is 25.7 Å². The highest BCUT2D eigenvalue weighted by Gasteiger charge is 2.29. The molecule has 3 nitrogen and oxygen atoms in total. The fraction of sp³-hybridized carbons (Fsp3) is 0.917. The van der Waals surface area contributed by atoms with E-state index in [1.807, 2.05) is 5.32 Å². The van der Waals surface area contributed by atoms with Gasteiger partial charge >= 0.3 is 6.18 Å². The van der Waals surface area contributed by atoms with Crippen LogP contribution < -0.4 is 10.6 Å². The molecular formula is C12H21F3N2O. The smallest absolute Gasteiger partial charge is 0.346 e. The normalized spacial score (nSPS) is 20.2. The number of halogens is 3. The van der Waals surface area contributed by atoms with Crippen LogP contribution in [0, 0.1) is 0 Å². The maximum Gasteiger partial charge on any atom is 0.405 e. The molecule has 1 rings (SSSR count). The molecule has 1 unspecified atom stereocenters. The zero-order chi connectivity index (χ0) is 13.6. The molecule has 0 saturated heterocycles. The van der Waals surface area contributed by atoms with E-state index in [4.69, 9.17) is 0 Å². The van der Waals surface area contributed by atoms with Crippen LogP contribution >= 0.6 is 0 Å². The highest BCUT2D eigenvalue weighted by atomic mass is 19.4. The third-order valence-corrected chi connectivity index (χ3v) is 3.20. The quantitative estimate of drug-likeness (QED) is 0.767. The van der Waals surface area contributed by atoms with Crippen LogP contribution in [0.1, 0.15) is 45.4 Å². The lowest BCUT2D eigenvalue weighted by molar-refractivity contribution is -0.139. The molecule has 0 heterocycles. The molecule has 0 aromatic carbocycles. The van der Waals surface area contributed by atoms with Gasteiger partial charge in [0.25, 0.3) is 0 Å². The van der Waals surface area contributed by atoms with Crippen LogP contribution in [0.2, 0.25) is 0 Å². The molecule has 106 valence electrons. The maximum atomic E-state index is 12.0. The Morgan fingerprint density at radius 3 is 2.28 bits per heavy atom. The van der Waals surface area contributed by atoms with Crippen LogP contribution in [0.25, 0.3) is 0 Å². The van der Waals surface area contributed by atoms with Gasteiger partial charge in [-0.25, -0.2) is 0 Å². The molecule has 2 N–H and O–H groups in total. The summed E-state index contributed by atoms with van der Waals surface area (Å²) in [6.45, 7) is 0.346. The number of hydrogen-bond acceptors (Lipinski definition) is 2. The van der Waals surface area contributed by atoms with Gasteiger partial charge in [0, 0.05) is 6.04 Å². The average Bonchev–Trinajstić information content (AvgIpc) is 2.53. The molecule has 0 spiro atoms. The summed E-state index contributed by atoms with van der Waals surface area (Å²) in [5, 5.41) is 5.02. The molecule has 1 aliphatic rings. The number of hydrogen-bond donors (Lipinski definition) is 2. The van der Waals surface area contributed by atoms with Gasteiger partial charge in [-0.05, 0) is 19.8 Å². The minimum absolute atomic E-state index is 0.249. The van der Waals surface area contributed by atoms with Gasteiger partial charge in [0.05, 0.1) is 6.04 Å². The minimum Gasteiger partial charge on any atom is -0.346 e. The van der Waals surface area contributed by atoms with Crippen molar-refractivity contribution in [3.63, 3.8) is 0 Å². The lowest BCUT2D eigenvalue weighted by Gasteiger charge is -2.21. The van der Waals surface area contributed by atoms with Crippen molar-refractivity contribution in [1.29, 1.82) is 0 Å². The summed E-state index contributed by atoms with van der Waals surface area (Å²) in [5.74, 6) is -0.587. The Morgan fingerprint density at radius 1 is 1.22 bits per heavy atom. The SMILES string of the molecule is CC(NC1CCCCCC1)C(=O)NCC(F)(F)F. The van der Waals surface area contributed by atoms with Crippen molar-refractivity contribution in [2.45, 2.75) is 63.7 Å². The maximum absolute atomic E-state index is 12.0. The first-order valence-corrected chi connectivity index (χ1v) is 6.49. The Kier molecular flexibility index (Phi) is 5.91. The van der Waals surface area contributed by atoms with Crippen molar-refractivity contribution in [2.75, 3.05) is 6.54 Å². The van der Waals surface area contributed by atoms with Crippen molar-refractivity contribution >= 4 is 5.91 Å².